The summed E-state index contributed by atoms with van der Waals surface area (Å²) in [6, 6.07) is -3.64. The second kappa shape index (κ2) is 41.9. The minimum atomic E-state index is -2.64. The van der Waals surface area contributed by atoms with Crippen molar-refractivity contribution in [1.82, 2.24) is 10.6 Å². The maximum Gasteiger partial charge on any atom is 0.217 e. The van der Waals surface area contributed by atoms with Crippen molar-refractivity contribution < 1.29 is 253 Å². The second-order valence-electron chi connectivity index (χ2n) is 29.5. The fourth-order valence-electron chi connectivity index (χ4n) is 15.0. The second-order valence-corrected chi connectivity index (χ2v) is 29.5. The van der Waals surface area contributed by atoms with Crippen LogP contribution < -0.4 is 10.6 Å². The molecule has 0 spiro atoms. The quantitative estimate of drug-likeness (QED) is 0.0318. The Morgan fingerprint density at radius 3 is 0.855 bits per heavy atom. The molecule has 0 unspecified atom stereocenters. The molecular formula is C64H108N2O51. The molecule has 32 N–H and O–H groups in total. The summed E-state index contributed by atoms with van der Waals surface area (Å²) in [5.41, 5.74) is 0. The van der Waals surface area contributed by atoms with E-state index in [0.717, 1.165) is 13.8 Å². The molecule has 117 heavy (non-hydrogen) atoms. The molecule has 680 valence electrons. The topological polar surface area (TPSA) is 840 Å². The minimum Gasteiger partial charge on any atom is -0.394 e. The van der Waals surface area contributed by atoms with Crippen LogP contribution in [0.5, 0.6) is 0 Å². The van der Waals surface area contributed by atoms with E-state index < -0.39 is 385 Å². The number of hydrogen-bond donors (Lipinski definition) is 32. The minimum absolute atomic E-state index is 0.805. The normalized spacial score (nSPS) is 51.5. The molecule has 0 bridgehead atoms. The summed E-state index contributed by atoms with van der Waals surface area (Å²) < 4.78 is 111. The van der Waals surface area contributed by atoms with Crippen LogP contribution in [0.25, 0.3) is 0 Å². The third-order valence-electron chi connectivity index (χ3n) is 21.7. The third kappa shape index (κ3) is 20.7. The number of carbonyl (C=O) groups excluding carboxylic acids is 2. The van der Waals surface area contributed by atoms with Crippen molar-refractivity contribution in [3.05, 3.63) is 0 Å². The number of aliphatic hydroxyl groups is 30. The van der Waals surface area contributed by atoms with Crippen molar-refractivity contribution in [3.63, 3.8) is 0 Å². The van der Waals surface area contributed by atoms with Crippen LogP contribution in [-0.4, -0.2) is 538 Å². The van der Waals surface area contributed by atoms with Crippen LogP contribution in [0, 0.1) is 0 Å². The van der Waals surface area contributed by atoms with Gasteiger partial charge in [0.05, 0.1) is 66.1 Å². The zero-order chi connectivity index (χ0) is 85.9. The summed E-state index contributed by atoms with van der Waals surface area (Å²) in [7, 11) is 0. The Balaban J connectivity index is 0.996. The summed E-state index contributed by atoms with van der Waals surface area (Å²) in [6.45, 7) is -9.28. The molecule has 0 aromatic rings. The molecule has 0 aliphatic carbocycles. The standard InChI is InChI=1S/C64H108N2O51/c1-13(75)65-25-35(85)48(21(9-73)101-55(25)98)111-56-26(66-14(2)76)36(86)49(22(10-74)108-56)112-61-47(97)51(114-63-54(42(92)32(82)19(7-71)106-63)117-64-53(41(91)31(81)20(8-72)107-64)116-60-45(95)39(89)29(79)17(5-69)104-60)34(84)24(110-61)11-99-57-46(96)50(113-58-43(93)37(87)27(77)15(3-67)102-58)33(83)23(109-57)12-100-62-52(40(90)30(80)18(6-70)105-62)115-59-44(94)38(88)28(78)16(4-68)103-59/h15-64,67-74,77-98H,3-12H2,1-2H3,(H,65,75)(H,66,76)/t15-,16-,17-,18-,19-,20-,21-,22-,23-,24-,25+,26-,27-,28-,29-,30-,31-,32-,33-,34-,35-,36-,37+,38+,39+,40+,41+,42+,43+,44+,45+,46+,47+,48-,49-,50+,51+,52+,53+,54+,55-,56+,57+,58-,59-,60+,61+,62+,63-,64-/m1/s1. The highest BCUT2D eigenvalue weighted by molar-refractivity contribution is 5.73. The van der Waals surface area contributed by atoms with Crippen LogP contribution in [0.4, 0.5) is 0 Å². The Labute approximate surface area is 660 Å². The zero-order valence-electron chi connectivity index (χ0n) is 61.9. The summed E-state index contributed by atoms with van der Waals surface area (Å²) in [5, 5.41) is 336. The maximum absolute atomic E-state index is 13.0. The molecule has 10 aliphatic heterocycles. The first-order valence-electron chi connectivity index (χ1n) is 37.2. The van der Waals surface area contributed by atoms with Crippen molar-refractivity contribution in [1.29, 1.82) is 0 Å². The summed E-state index contributed by atoms with van der Waals surface area (Å²) in [4.78, 5) is 25.2. The van der Waals surface area contributed by atoms with Gasteiger partial charge < -0.3 is 254 Å². The maximum atomic E-state index is 13.0. The molecule has 0 saturated carbocycles. The zero-order valence-corrected chi connectivity index (χ0v) is 61.9. The predicted octanol–water partition coefficient (Wildman–Crippen LogP) is -22.5. The van der Waals surface area contributed by atoms with Crippen molar-refractivity contribution in [2.75, 3.05) is 66.1 Å². The molecule has 0 aromatic heterocycles. The van der Waals surface area contributed by atoms with E-state index in [9.17, 15) is 163 Å². The van der Waals surface area contributed by atoms with Gasteiger partial charge in [-0.25, -0.2) is 0 Å². The number of ether oxygens (including phenoxy) is 19. The molecule has 0 radical (unpaired) electrons. The monoisotopic (exact) mass is 1720 g/mol. The Bertz CT molecular complexity index is 3050. The molecule has 10 aliphatic rings. The summed E-state index contributed by atoms with van der Waals surface area (Å²) >= 11 is 0. The Morgan fingerprint density at radius 2 is 0.470 bits per heavy atom. The highest BCUT2D eigenvalue weighted by Gasteiger charge is 2.61. The van der Waals surface area contributed by atoms with E-state index >= 15 is 0 Å². The van der Waals surface area contributed by atoms with Crippen LogP contribution >= 0.6 is 0 Å². The predicted molar refractivity (Wildman–Crippen MR) is 353 cm³/mol. The average Bonchev–Trinajstić information content (AvgIpc) is 0.766. The molecule has 50 atom stereocenters. The number of nitrogens with one attached hydrogen (secondary N) is 2. The van der Waals surface area contributed by atoms with Crippen molar-refractivity contribution in [3.8, 4) is 0 Å². The van der Waals surface area contributed by atoms with E-state index in [1.165, 1.54) is 0 Å². The summed E-state index contributed by atoms with van der Waals surface area (Å²) in [5.74, 6) is -1.78. The summed E-state index contributed by atoms with van der Waals surface area (Å²) in [6.07, 6.45) is -104. The van der Waals surface area contributed by atoms with Gasteiger partial charge in [0.25, 0.3) is 0 Å². The van der Waals surface area contributed by atoms with Gasteiger partial charge in [0, 0.05) is 13.8 Å². The highest BCUT2D eigenvalue weighted by Crippen LogP contribution is 2.41. The van der Waals surface area contributed by atoms with Crippen molar-refractivity contribution in [2.45, 2.75) is 321 Å². The molecule has 0 aromatic carbocycles. The van der Waals surface area contributed by atoms with Crippen LogP contribution in [0.3, 0.4) is 0 Å². The Hall–Kier alpha value is -3.02. The molecule has 53 nitrogen and oxygen atoms in total. The van der Waals surface area contributed by atoms with Gasteiger partial charge in [-0.15, -0.1) is 0 Å². The van der Waals surface area contributed by atoms with Gasteiger partial charge in [-0.05, 0) is 0 Å². The van der Waals surface area contributed by atoms with Gasteiger partial charge in [-0.1, -0.05) is 0 Å². The van der Waals surface area contributed by atoms with E-state index in [0.29, 0.717) is 0 Å². The van der Waals surface area contributed by atoms with Crippen molar-refractivity contribution in [2.24, 2.45) is 0 Å². The van der Waals surface area contributed by atoms with Gasteiger partial charge in [0.1, 0.15) is 244 Å². The smallest absolute Gasteiger partial charge is 0.217 e. The van der Waals surface area contributed by atoms with Gasteiger partial charge in [-0.2, -0.15) is 0 Å². The average molecular weight is 1720 g/mol. The molecule has 10 heterocycles. The van der Waals surface area contributed by atoms with E-state index in [2.05, 4.69) is 10.6 Å². The van der Waals surface area contributed by atoms with Gasteiger partial charge in [0.15, 0.2) is 62.9 Å². The number of hydrogen-bond acceptors (Lipinski definition) is 51. The highest BCUT2D eigenvalue weighted by atomic mass is 16.8. The van der Waals surface area contributed by atoms with Gasteiger partial charge in [-0.3, -0.25) is 9.59 Å². The first-order chi connectivity index (χ1) is 55.4. The van der Waals surface area contributed by atoms with E-state index in [1.54, 1.807) is 0 Å². The van der Waals surface area contributed by atoms with Gasteiger partial charge >= 0.3 is 0 Å². The number of rotatable bonds is 30. The molecule has 10 rings (SSSR count). The number of aliphatic hydroxyl groups excluding tert-OH is 30. The lowest BCUT2D eigenvalue weighted by Crippen LogP contribution is -2.70. The Kier molecular flexibility index (Phi) is 34.4. The fourth-order valence-corrected chi connectivity index (χ4v) is 15.0. The molecular weight excluding hydrogens is 1610 g/mol. The first-order valence-corrected chi connectivity index (χ1v) is 37.2. The molecule has 2 amide bonds. The van der Waals surface area contributed by atoms with Crippen molar-refractivity contribution >= 4 is 11.8 Å². The van der Waals surface area contributed by atoms with Crippen LogP contribution in [-0.2, 0) is 99.6 Å². The molecule has 10 fully saturated rings. The van der Waals surface area contributed by atoms with E-state index in [-0.39, 0.29) is 0 Å². The number of carbonyl (C=O) groups is 2. The van der Waals surface area contributed by atoms with E-state index in [4.69, 9.17) is 90.0 Å². The molecule has 53 heteroatoms. The van der Waals surface area contributed by atoms with E-state index in [1.807, 2.05) is 0 Å². The molecule has 10 saturated heterocycles. The fraction of sp³-hybridized carbons (Fsp3) is 0.969. The lowest BCUT2D eigenvalue weighted by Gasteiger charge is -2.51. The largest absolute Gasteiger partial charge is 0.394 e. The lowest BCUT2D eigenvalue weighted by molar-refractivity contribution is -0.408. The SMILES string of the molecule is CC(=O)N[C@H]1[C@H](O[C@H]2[C@H](O)[C@H](NC(C)=O)[C@H](O)O[C@@H]2CO)O[C@H](CO)[C@@H](O[C@@H]2O[C@H](CO[C@H]3O[C@H](CO[C@H]4O[C@H](CO)[C@@H](O)[C@H](O)[C@@H]4O[C@H]4O[C@H](CO)[C@@H](O)[C@H](O)[C@@H]4O)[C@@H](O)[C@H](O[C@H]4O[C@H](CO)[C@@H](O)[C@H](O)[C@@H]4O)[C@@H]3O)[C@@H](O)[C@H](O[C@H]3O[C@H](CO)[C@@H](O)[C@H](O)[C@@H]3O[C@H]3O[C@H](CO)[C@@H](O)[C@H](O)[C@@H]3O[C@@H]3O[C@H](CO)[C@@H](O)[C@H](O)[C@@H]3O)[C@@H]2O)[C@@H]1O. The number of amides is 2. The van der Waals surface area contributed by atoms with Gasteiger partial charge in [0.2, 0.25) is 11.8 Å². The lowest BCUT2D eigenvalue weighted by atomic mass is 9.94. The van der Waals surface area contributed by atoms with Crippen LogP contribution in [0.15, 0.2) is 0 Å². The first kappa shape index (κ1) is 96.2. The third-order valence-corrected chi connectivity index (χ3v) is 21.7. The Morgan fingerprint density at radius 1 is 0.222 bits per heavy atom. The van der Waals surface area contributed by atoms with Crippen LogP contribution in [0.1, 0.15) is 13.8 Å². The van der Waals surface area contributed by atoms with Crippen LogP contribution in [0.2, 0.25) is 0 Å².